The molecular weight excluding hydrogens is 178 g/mol. The number of rotatable bonds is 2. The molecule has 4 heteroatoms. The van der Waals surface area contributed by atoms with E-state index in [4.69, 9.17) is 6.42 Å². The van der Waals surface area contributed by atoms with E-state index >= 15 is 0 Å². The summed E-state index contributed by atoms with van der Waals surface area (Å²) >= 11 is 0. The van der Waals surface area contributed by atoms with Crippen LogP contribution in [0.2, 0.25) is 0 Å². The molecule has 1 unspecified atom stereocenters. The summed E-state index contributed by atoms with van der Waals surface area (Å²) in [4.78, 5) is 3.79. The monoisotopic (exact) mass is 193 g/mol. The van der Waals surface area contributed by atoms with Gasteiger partial charge in [-0.05, 0) is 0 Å². The van der Waals surface area contributed by atoms with Gasteiger partial charge < -0.3 is 5.11 Å². The molecule has 0 amide bonds. The van der Waals surface area contributed by atoms with Gasteiger partial charge in [0, 0.05) is 5.41 Å². The van der Waals surface area contributed by atoms with E-state index in [-0.39, 0.29) is 6.54 Å². The fourth-order valence-electron chi connectivity index (χ4n) is 1.05. The smallest absolute Gasteiger partial charge is 0.149 e. The molecule has 76 valence electrons. The Morgan fingerprint density at radius 3 is 2.50 bits per heavy atom. The first-order valence-electron chi connectivity index (χ1n) is 4.41. The van der Waals surface area contributed by atoms with E-state index in [2.05, 4.69) is 16.0 Å². The standard InChI is InChI=1S/C10H15N3O/c1-5-10(14,9(2,3)4)6-13-8-11-7-12-13/h1,7-8,14H,6H2,2-4H3. The summed E-state index contributed by atoms with van der Waals surface area (Å²) in [5.41, 5.74) is -1.60. The average Bonchev–Trinajstić information content (AvgIpc) is 2.54. The van der Waals surface area contributed by atoms with Crippen LogP contribution < -0.4 is 0 Å². The molecule has 0 aliphatic carbocycles. The van der Waals surface area contributed by atoms with Crippen molar-refractivity contribution in [2.75, 3.05) is 0 Å². The number of aromatic nitrogens is 3. The molecule has 4 nitrogen and oxygen atoms in total. The van der Waals surface area contributed by atoms with Crippen LogP contribution in [0.4, 0.5) is 0 Å². The summed E-state index contributed by atoms with van der Waals surface area (Å²) in [5.74, 6) is 2.42. The Hall–Kier alpha value is -1.34. The van der Waals surface area contributed by atoms with Crippen molar-refractivity contribution in [1.29, 1.82) is 0 Å². The molecule has 1 rings (SSSR count). The summed E-state index contributed by atoms with van der Waals surface area (Å²) in [6.07, 6.45) is 8.30. The van der Waals surface area contributed by atoms with Crippen LogP contribution in [0.3, 0.4) is 0 Å². The van der Waals surface area contributed by atoms with Crippen molar-refractivity contribution in [2.24, 2.45) is 5.41 Å². The Labute approximate surface area is 84.0 Å². The second kappa shape index (κ2) is 3.43. The van der Waals surface area contributed by atoms with Gasteiger partial charge in [0.1, 0.15) is 18.3 Å². The summed E-state index contributed by atoms with van der Waals surface area (Å²) in [5, 5.41) is 14.1. The molecule has 0 aliphatic rings. The predicted molar refractivity (Wildman–Crippen MR) is 53.3 cm³/mol. The van der Waals surface area contributed by atoms with Gasteiger partial charge in [-0.1, -0.05) is 26.7 Å². The molecule has 0 spiro atoms. The van der Waals surface area contributed by atoms with E-state index in [0.29, 0.717) is 0 Å². The van der Waals surface area contributed by atoms with Crippen LogP contribution >= 0.6 is 0 Å². The SMILES string of the molecule is C#CC(O)(Cn1cncn1)C(C)(C)C. The quantitative estimate of drug-likeness (QED) is 0.703. The fourth-order valence-corrected chi connectivity index (χ4v) is 1.05. The van der Waals surface area contributed by atoms with Gasteiger partial charge in [0.2, 0.25) is 0 Å². The lowest BCUT2D eigenvalue weighted by molar-refractivity contribution is -0.0213. The van der Waals surface area contributed by atoms with Crippen molar-refractivity contribution in [3.8, 4) is 12.3 Å². The maximum atomic E-state index is 10.2. The van der Waals surface area contributed by atoms with Gasteiger partial charge in [0.15, 0.2) is 0 Å². The van der Waals surface area contributed by atoms with Crippen molar-refractivity contribution in [2.45, 2.75) is 32.9 Å². The number of nitrogens with zero attached hydrogens (tertiary/aromatic N) is 3. The Morgan fingerprint density at radius 2 is 2.14 bits per heavy atom. The van der Waals surface area contributed by atoms with Crippen LogP contribution in [0.15, 0.2) is 12.7 Å². The largest absolute Gasteiger partial charge is 0.375 e. The van der Waals surface area contributed by atoms with Crippen LogP contribution in [0.5, 0.6) is 0 Å². The summed E-state index contributed by atoms with van der Waals surface area (Å²) in [6, 6.07) is 0. The Kier molecular flexibility index (Phi) is 2.63. The molecule has 1 aromatic rings. The van der Waals surface area contributed by atoms with E-state index in [0.717, 1.165) is 0 Å². The molecule has 0 saturated heterocycles. The van der Waals surface area contributed by atoms with Crippen molar-refractivity contribution >= 4 is 0 Å². The Balaban J connectivity index is 2.89. The number of hydrogen-bond donors (Lipinski definition) is 1. The minimum absolute atomic E-state index is 0.257. The third kappa shape index (κ3) is 1.94. The highest BCUT2D eigenvalue weighted by atomic mass is 16.3. The van der Waals surface area contributed by atoms with Crippen molar-refractivity contribution in [1.82, 2.24) is 14.8 Å². The van der Waals surface area contributed by atoms with Gasteiger partial charge in [-0.15, -0.1) is 6.42 Å². The number of hydrogen-bond acceptors (Lipinski definition) is 3. The summed E-state index contributed by atoms with van der Waals surface area (Å²) in [7, 11) is 0. The topological polar surface area (TPSA) is 50.9 Å². The van der Waals surface area contributed by atoms with Gasteiger partial charge >= 0.3 is 0 Å². The molecular formula is C10H15N3O. The first kappa shape index (κ1) is 10.7. The third-order valence-electron chi connectivity index (χ3n) is 2.34. The maximum Gasteiger partial charge on any atom is 0.149 e. The van der Waals surface area contributed by atoms with E-state index in [1.54, 1.807) is 0 Å². The molecule has 1 heterocycles. The zero-order chi connectivity index (χ0) is 10.8. The highest BCUT2D eigenvalue weighted by Gasteiger charge is 2.38. The molecule has 0 radical (unpaired) electrons. The van der Waals surface area contributed by atoms with Crippen molar-refractivity contribution in [3.63, 3.8) is 0 Å². The average molecular weight is 193 g/mol. The lowest BCUT2D eigenvalue weighted by atomic mass is 9.77. The van der Waals surface area contributed by atoms with E-state index in [1.165, 1.54) is 17.3 Å². The Bertz CT molecular complexity index is 331. The molecule has 14 heavy (non-hydrogen) atoms. The van der Waals surface area contributed by atoms with Gasteiger partial charge in [-0.25, -0.2) is 9.67 Å². The normalized spacial score (nSPS) is 15.9. The van der Waals surface area contributed by atoms with Crippen molar-refractivity contribution in [3.05, 3.63) is 12.7 Å². The highest BCUT2D eigenvalue weighted by Crippen LogP contribution is 2.30. The first-order chi connectivity index (χ1) is 6.39. The first-order valence-corrected chi connectivity index (χ1v) is 4.41. The molecule has 1 atom stereocenters. The molecule has 0 aliphatic heterocycles. The maximum absolute atomic E-state index is 10.2. The van der Waals surface area contributed by atoms with Crippen LogP contribution in [-0.2, 0) is 6.54 Å². The second-order valence-electron chi connectivity index (χ2n) is 4.35. The molecule has 0 aromatic carbocycles. The lowest BCUT2D eigenvalue weighted by Gasteiger charge is -2.35. The zero-order valence-electron chi connectivity index (χ0n) is 8.73. The number of terminal acetylenes is 1. The lowest BCUT2D eigenvalue weighted by Crippen LogP contribution is -2.45. The Morgan fingerprint density at radius 1 is 1.50 bits per heavy atom. The summed E-state index contributed by atoms with van der Waals surface area (Å²) < 4.78 is 1.53. The fraction of sp³-hybridized carbons (Fsp3) is 0.600. The minimum atomic E-state index is -1.21. The molecule has 1 N–H and O–H groups in total. The molecule has 0 saturated carbocycles. The summed E-state index contributed by atoms with van der Waals surface area (Å²) in [6.45, 7) is 5.93. The van der Waals surface area contributed by atoms with Crippen molar-refractivity contribution < 1.29 is 5.11 Å². The van der Waals surface area contributed by atoms with E-state index < -0.39 is 11.0 Å². The van der Waals surface area contributed by atoms with Crippen LogP contribution in [0, 0.1) is 17.8 Å². The minimum Gasteiger partial charge on any atom is -0.375 e. The van der Waals surface area contributed by atoms with Gasteiger partial charge in [-0.2, -0.15) is 5.10 Å². The molecule has 0 fully saturated rings. The van der Waals surface area contributed by atoms with Crippen LogP contribution in [0.1, 0.15) is 20.8 Å². The van der Waals surface area contributed by atoms with Gasteiger partial charge in [-0.3, -0.25) is 0 Å². The third-order valence-corrected chi connectivity index (χ3v) is 2.34. The predicted octanol–water partition coefficient (Wildman–Crippen LogP) is 0.689. The van der Waals surface area contributed by atoms with E-state index in [1.807, 2.05) is 20.8 Å². The second-order valence-corrected chi connectivity index (χ2v) is 4.35. The van der Waals surface area contributed by atoms with Gasteiger partial charge in [0.05, 0.1) is 6.54 Å². The molecule has 1 aromatic heterocycles. The van der Waals surface area contributed by atoms with Crippen LogP contribution in [0.25, 0.3) is 0 Å². The number of aliphatic hydroxyl groups is 1. The highest BCUT2D eigenvalue weighted by molar-refractivity contribution is 5.12. The zero-order valence-corrected chi connectivity index (χ0v) is 8.73. The van der Waals surface area contributed by atoms with Gasteiger partial charge in [0.25, 0.3) is 0 Å². The van der Waals surface area contributed by atoms with Crippen LogP contribution in [-0.4, -0.2) is 25.5 Å². The van der Waals surface area contributed by atoms with E-state index in [9.17, 15) is 5.11 Å². The molecule has 0 bridgehead atoms.